The molecule has 1 heterocycles. The maximum atomic E-state index is 12.7. The molecule has 22 heavy (non-hydrogen) atoms. The Morgan fingerprint density at radius 1 is 0.909 bits per heavy atom. The number of H-pyrrole nitrogens is 1. The molecular formula is C17H13F3N2. The first-order valence-corrected chi connectivity index (χ1v) is 6.79. The fourth-order valence-electron chi connectivity index (χ4n) is 2.35. The maximum absolute atomic E-state index is 12.7. The van der Waals surface area contributed by atoms with E-state index in [1.54, 1.807) is 12.1 Å². The predicted molar refractivity (Wildman–Crippen MR) is 78.3 cm³/mol. The number of aromatic amines is 1. The van der Waals surface area contributed by atoms with Crippen molar-refractivity contribution in [3.8, 4) is 11.3 Å². The third-order valence-electron chi connectivity index (χ3n) is 3.41. The molecule has 0 saturated heterocycles. The fourth-order valence-corrected chi connectivity index (χ4v) is 2.35. The van der Waals surface area contributed by atoms with Crippen molar-refractivity contribution in [1.29, 1.82) is 0 Å². The van der Waals surface area contributed by atoms with Crippen LogP contribution in [0.15, 0.2) is 60.7 Å². The van der Waals surface area contributed by atoms with Crippen LogP contribution in [0.2, 0.25) is 0 Å². The first-order chi connectivity index (χ1) is 10.5. The Kier molecular flexibility index (Phi) is 3.71. The van der Waals surface area contributed by atoms with Crippen LogP contribution in [0.3, 0.4) is 0 Å². The van der Waals surface area contributed by atoms with Gasteiger partial charge in [-0.3, -0.25) is 5.10 Å². The second-order valence-corrected chi connectivity index (χ2v) is 4.98. The van der Waals surface area contributed by atoms with E-state index < -0.39 is 11.9 Å². The lowest BCUT2D eigenvalue weighted by Crippen LogP contribution is -2.04. The van der Waals surface area contributed by atoms with Gasteiger partial charge in [-0.15, -0.1) is 0 Å². The molecule has 0 spiro atoms. The van der Waals surface area contributed by atoms with Gasteiger partial charge in [0.2, 0.25) is 0 Å². The van der Waals surface area contributed by atoms with Crippen molar-refractivity contribution in [2.75, 3.05) is 0 Å². The maximum Gasteiger partial charge on any atom is 0.432 e. The molecule has 1 aromatic heterocycles. The van der Waals surface area contributed by atoms with Crippen LogP contribution < -0.4 is 0 Å². The summed E-state index contributed by atoms with van der Waals surface area (Å²) in [6.07, 6.45) is -3.77. The van der Waals surface area contributed by atoms with Crippen LogP contribution in [-0.4, -0.2) is 10.2 Å². The van der Waals surface area contributed by atoms with E-state index in [0.29, 0.717) is 17.7 Å². The standard InChI is InChI=1S/C17H13F3N2/c18-17(19,20)16-11-15(21-22-16)14-9-5-4-8-13(14)10-12-6-2-1-3-7-12/h1-9,11H,10H2,(H,21,22). The molecule has 3 rings (SSSR count). The SMILES string of the molecule is FC(F)(F)c1cc(-c2ccccc2Cc2ccccc2)n[nH]1. The van der Waals surface area contributed by atoms with Crippen molar-refractivity contribution in [1.82, 2.24) is 10.2 Å². The molecule has 0 bridgehead atoms. The highest BCUT2D eigenvalue weighted by molar-refractivity contribution is 5.64. The van der Waals surface area contributed by atoms with Crippen LogP contribution in [0, 0.1) is 0 Å². The number of alkyl halides is 3. The third-order valence-corrected chi connectivity index (χ3v) is 3.41. The van der Waals surface area contributed by atoms with Gasteiger partial charge in [0.05, 0.1) is 5.69 Å². The molecule has 0 unspecified atom stereocenters. The Morgan fingerprint density at radius 2 is 1.59 bits per heavy atom. The van der Waals surface area contributed by atoms with Crippen molar-refractivity contribution < 1.29 is 13.2 Å². The van der Waals surface area contributed by atoms with Crippen LogP contribution in [0.1, 0.15) is 16.8 Å². The highest BCUT2D eigenvalue weighted by Gasteiger charge is 2.33. The molecule has 112 valence electrons. The summed E-state index contributed by atoms with van der Waals surface area (Å²) in [5.74, 6) is 0. The number of hydrogen-bond acceptors (Lipinski definition) is 1. The smallest absolute Gasteiger partial charge is 0.273 e. The molecule has 0 aliphatic heterocycles. The molecule has 0 fully saturated rings. The van der Waals surface area contributed by atoms with Gasteiger partial charge >= 0.3 is 6.18 Å². The summed E-state index contributed by atoms with van der Waals surface area (Å²) in [5, 5.41) is 5.87. The van der Waals surface area contributed by atoms with Gasteiger partial charge in [-0.05, 0) is 23.6 Å². The molecule has 0 aliphatic carbocycles. The number of nitrogens with one attached hydrogen (secondary N) is 1. The van der Waals surface area contributed by atoms with E-state index in [1.807, 2.05) is 42.5 Å². The number of benzene rings is 2. The van der Waals surface area contributed by atoms with Gasteiger partial charge in [0.1, 0.15) is 5.69 Å². The Morgan fingerprint density at radius 3 is 2.27 bits per heavy atom. The summed E-state index contributed by atoms with van der Waals surface area (Å²) in [7, 11) is 0. The van der Waals surface area contributed by atoms with Crippen LogP contribution in [0.5, 0.6) is 0 Å². The highest BCUT2D eigenvalue weighted by Crippen LogP contribution is 2.31. The fraction of sp³-hybridized carbons (Fsp3) is 0.118. The molecular weight excluding hydrogens is 289 g/mol. The van der Waals surface area contributed by atoms with E-state index in [2.05, 4.69) is 10.2 Å². The zero-order valence-electron chi connectivity index (χ0n) is 11.6. The molecule has 1 N–H and O–H groups in total. The van der Waals surface area contributed by atoms with E-state index in [4.69, 9.17) is 0 Å². The van der Waals surface area contributed by atoms with Gasteiger partial charge in [0, 0.05) is 5.56 Å². The lowest BCUT2D eigenvalue weighted by molar-refractivity contribution is -0.141. The van der Waals surface area contributed by atoms with Crippen molar-refractivity contribution in [2.45, 2.75) is 12.6 Å². The Bertz CT molecular complexity index is 761. The summed E-state index contributed by atoms with van der Waals surface area (Å²) in [6.45, 7) is 0. The van der Waals surface area contributed by atoms with E-state index in [-0.39, 0.29) is 0 Å². The average molecular weight is 302 g/mol. The summed E-state index contributed by atoms with van der Waals surface area (Å²) >= 11 is 0. The number of hydrogen-bond donors (Lipinski definition) is 1. The molecule has 0 amide bonds. The minimum absolute atomic E-state index is 0.304. The van der Waals surface area contributed by atoms with Gasteiger partial charge in [0.25, 0.3) is 0 Å². The predicted octanol–water partition coefficient (Wildman–Crippen LogP) is 4.69. The molecule has 0 atom stereocenters. The van der Waals surface area contributed by atoms with E-state index >= 15 is 0 Å². The summed E-state index contributed by atoms with van der Waals surface area (Å²) in [4.78, 5) is 0. The molecule has 0 aliphatic rings. The summed E-state index contributed by atoms with van der Waals surface area (Å²) in [5.41, 5.74) is 2.21. The first kappa shape index (κ1) is 14.4. The normalized spacial score (nSPS) is 11.6. The van der Waals surface area contributed by atoms with Gasteiger partial charge in [-0.1, -0.05) is 54.6 Å². The molecule has 2 nitrogen and oxygen atoms in total. The van der Waals surface area contributed by atoms with Crippen LogP contribution in [-0.2, 0) is 12.6 Å². The second-order valence-electron chi connectivity index (χ2n) is 4.98. The highest BCUT2D eigenvalue weighted by atomic mass is 19.4. The molecule has 5 heteroatoms. The van der Waals surface area contributed by atoms with Crippen molar-refractivity contribution in [2.24, 2.45) is 0 Å². The van der Waals surface area contributed by atoms with Crippen LogP contribution in [0.4, 0.5) is 13.2 Å². The first-order valence-electron chi connectivity index (χ1n) is 6.79. The minimum Gasteiger partial charge on any atom is -0.273 e. The number of aromatic nitrogens is 2. The largest absolute Gasteiger partial charge is 0.432 e. The Labute approximate surface area is 125 Å². The van der Waals surface area contributed by atoms with Gasteiger partial charge in [-0.2, -0.15) is 18.3 Å². The quantitative estimate of drug-likeness (QED) is 0.747. The van der Waals surface area contributed by atoms with E-state index in [1.165, 1.54) is 0 Å². The molecule has 2 aromatic carbocycles. The molecule has 0 radical (unpaired) electrons. The zero-order valence-corrected chi connectivity index (χ0v) is 11.6. The third kappa shape index (κ3) is 3.03. The second kappa shape index (κ2) is 5.67. The molecule has 0 saturated carbocycles. The number of rotatable bonds is 3. The summed E-state index contributed by atoms with van der Waals surface area (Å²) in [6, 6.07) is 18.2. The Hall–Kier alpha value is -2.56. The zero-order chi connectivity index (χ0) is 15.6. The van der Waals surface area contributed by atoms with E-state index in [9.17, 15) is 13.2 Å². The average Bonchev–Trinajstić information content (AvgIpc) is 2.99. The minimum atomic E-state index is -4.42. The number of halogens is 3. The van der Waals surface area contributed by atoms with Gasteiger partial charge in [-0.25, -0.2) is 0 Å². The van der Waals surface area contributed by atoms with Gasteiger partial charge in [0.15, 0.2) is 0 Å². The summed E-state index contributed by atoms with van der Waals surface area (Å²) < 4.78 is 38.1. The van der Waals surface area contributed by atoms with Crippen molar-refractivity contribution >= 4 is 0 Å². The number of nitrogens with zero attached hydrogens (tertiary/aromatic N) is 1. The monoisotopic (exact) mass is 302 g/mol. The van der Waals surface area contributed by atoms with Crippen LogP contribution in [0.25, 0.3) is 11.3 Å². The van der Waals surface area contributed by atoms with Gasteiger partial charge < -0.3 is 0 Å². The molecule has 3 aromatic rings. The lowest BCUT2D eigenvalue weighted by Gasteiger charge is -2.07. The van der Waals surface area contributed by atoms with Crippen molar-refractivity contribution in [3.05, 3.63) is 77.5 Å². The Balaban J connectivity index is 1.96. The topological polar surface area (TPSA) is 28.7 Å². The van der Waals surface area contributed by atoms with Crippen LogP contribution >= 0.6 is 0 Å². The van der Waals surface area contributed by atoms with Crippen molar-refractivity contribution in [3.63, 3.8) is 0 Å². The lowest BCUT2D eigenvalue weighted by atomic mass is 9.98. The van der Waals surface area contributed by atoms with E-state index in [0.717, 1.165) is 17.2 Å².